The summed E-state index contributed by atoms with van der Waals surface area (Å²) in [5.74, 6) is -0.530. The Kier molecular flexibility index (Phi) is 2.86. The van der Waals surface area contributed by atoms with E-state index in [9.17, 15) is 9.59 Å². The predicted octanol–water partition coefficient (Wildman–Crippen LogP) is 0.609. The molecule has 6 heteroatoms. The number of hydrogen-bond acceptors (Lipinski definition) is 4. The maximum absolute atomic E-state index is 11.8. The Morgan fingerprint density at radius 1 is 1.24 bits per heavy atom. The van der Waals surface area contributed by atoms with E-state index >= 15 is 0 Å². The summed E-state index contributed by atoms with van der Waals surface area (Å²) in [6, 6.07) is 3.19. The highest BCUT2D eigenvalue weighted by Crippen LogP contribution is 2.06. The van der Waals surface area contributed by atoms with Gasteiger partial charge in [0.15, 0.2) is 11.6 Å². The molecule has 0 N–H and O–H groups in total. The largest absolute Gasteiger partial charge is 0.292 e. The van der Waals surface area contributed by atoms with Gasteiger partial charge >= 0.3 is 0 Å². The van der Waals surface area contributed by atoms with Crippen LogP contribution in [-0.2, 0) is 14.1 Å². The molecule has 0 aliphatic heterocycles. The topological polar surface area (TPSA) is 69.8 Å². The minimum Gasteiger partial charge on any atom is -0.292 e. The molecule has 0 spiro atoms. The molecule has 0 saturated heterocycles. The molecule has 0 atom stereocenters. The number of nitrogens with zero attached hydrogens (tertiary/aromatic N) is 4. The Hall–Kier alpha value is -2.24. The number of ketones is 2. The maximum atomic E-state index is 11.8. The van der Waals surface area contributed by atoms with Gasteiger partial charge in [-0.25, -0.2) is 0 Å². The summed E-state index contributed by atoms with van der Waals surface area (Å²) in [6.07, 6.45) is 3.01. The molecule has 17 heavy (non-hydrogen) atoms. The van der Waals surface area contributed by atoms with Gasteiger partial charge in [-0.05, 0) is 12.1 Å². The van der Waals surface area contributed by atoms with Crippen molar-refractivity contribution < 1.29 is 9.59 Å². The second-order valence-electron chi connectivity index (χ2n) is 3.74. The Labute approximate surface area is 97.9 Å². The first kappa shape index (κ1) is 11.3. The summed E-state index contributed by atoms with van der Waals surface area (Å²) >= 11 is 0. The van der Waals surface area contributed by atoms with Crippen molar-refractivity contribution in [3.63, 3.8) is 0 Å². The van der Waals surface area contributed by atoms with Crippen molar-refractivity contribution in [2.24, 2.45) is 14.1 Å². The average molecular weight is 232 g/mol. The zero-order chi connectivity index (χ0) is 12.4. The van der Waals surface area contributed by atoms with Crippen LogP contribution in [0.3, 0.4) is 0 Å². The van der Waals surface area contributed by atoms with Gasteiger partial charge in [-0.2, -0.15) is 10.2 Å². The molecule has 2 aromatic rings. The molecule has 0 bridgehead atoms. The van der Waals surface area contributed by atoms with Crippen molar-refractivity contribution in [2.75, 3.05) is 0 Å². The molecule has 6 nitrogen and oxygen atoms in total. The lowest BCUT2D eigenvalue weighted by Gasteiger charge is -1.99. The van der Waals surface area contributed by atoms with Crippen molar-refractivity contribution in [3.8, 4) is 0 Å². The van der Waals surface area contributed by atoms with Gasteiger partial charge in [0, 0.05) is 26.5 Å². The van der Waals surface area contributed by atoms with E-state index in [1.165, 1.54) is 15.6 Å². The van der Waals surface area contributed by atoms with E-state index in [1.54, 1.807) is 32.4 Å². The van der Waals surface area contributed by atoms with E-state index in [2.05, 4.69) is 10.2 Å². The minimum atomic E-state index is -0.281. The van der Waals surface area contributed by atoms with Crippen LogP contribution in [0, 0.1) is 0 Å². The number of carbonyl (C=O) groups is 2. The second kappa shape index (κ2) is 4.32. The first-order valence-corrected chi connectivity index (χ1v) is 5.12. The Morgan fingerprint density at radius 2 is 2.00 bits per heavy atom. The third kappa shape index (κ3) is 2.30. The first-order valence-electron chi connectivity index (χ1n) is 5.12. The number of carbonyl (C=O) groups excluding carboxylic acids is 2. The van der Waals surface area contributed by atoms with Gasteiger partial charge in [0.1, 0.15) is 11.4 Å². The van der Waals surface area contributed by atoms with Crippen LogP contribution in [0.2, 0.25) is 0 Å². The molecule has 2 heterocycles. The summed E-state index contributed by atoms with van der Waals surface area (Å²) < 4.78 is 2.98. The zero-order valence-corrected chi connectivity index (χ0v) is 9.62. The number of aromatic nitrogens is 4. The van der Waals surface area contributed by atoms with Gasteiger partial charge < -0.3 is 0 Å². The molecule has 0 unspecified atom stereocenters. The molecular weight excluding hydrogens is 220 g/mol. The van der Waals surface area contributed by atoms with E-state index < -0.39 is 0 Å². The average Bonchev–Trinajstić information content (AvgIpc) is 2.86. The van der Waals surface area contributed by atoms with Gasteiger partial charge in [0.2, 0.25) is 0 Å². The summed E-state index contributed by atoms with van der Waals surface area (Å²) in [5.41, 5.74) is 0.734. The molecule has 2 aromatic heterocycles. The molecule has 0 aliphatic rings. The molecule has 0 saturated carbocycles. The summed E-state index contributed by atoms with van der Waals surface area (Å²) in [6.45, 7) is 0. The highest BCUT2D eigenvalue weighted by Gasteiger charge is 2.17. The molecule has 0 aromatic carbocycles. The second-order valence-corrected chi connectivity index (χ2v) is 3.74. The molecule has 0 amide bonds. The van der Waals surface area contributed by atoms with E-state index in [0.29, 0.717) is 11.4 Å². The minimum absolute atomic E-state index is 0.184. The van der Waals surface area contributed by atoms with Crippen molar-refractivity contribution in [2.45, 2.75) is 6.42 Å². The zero-order valence-electron chi connectivity index (χ0n) is 9.62. The van der Waals surface area contributed by atoms with Gasteiger partial charge in [-0.15, -0.1) is 0 Å². The Bertz CT molecular complexity index is 568. The number of aryl methyl sites for hydroxylation is 2. The Morgan fingerprint density at radius 3 is 2.53 bits per heavy atom. The van der Waals surface area contributed by atoms with Crippen molar-refractivity contribution in [3.05, 3.63) is 35.9 Å². The quantitative estimate of drug-likeness (QED) is 0.572. The smallest absolute Gasteiger partial charge is 0.190 e. The molecule has 0 radical (unpaired) electrons. The SMILES string of the molecule is Cn1ccc(C(=O)CC(=O)c2ccnn2C)n1. The van der Waals surface area contributed by atoms with Crippen molar-refractivity contribution in [1.29, 1.82) is 0 Å². The van der Waals surface area contributed by atoms with Crippen molar-refractivity contribution in [1.82, 2.24) is 19.6 Å². The predicted molar refractivity (Wildman–Crippen MR) is 59.7 cm³/mol. The van der Waals surface area contributed by atoms with Crippen LogP contribution < -0.4 is 0 Å². The van der Waals surface area contributed by atoms with Crippen LogP contribution >= 0.6 is 0 Å². The van der Waals surface area contributed by atoms with Crippen LogP contribution in [0.5, 0.6) is 0 Å². The third-order valence-electron chi connectivity index (χ3n) is 2.43. The standard InChI is InChI=1S/C11H12N4O2/c1-14-6-4-8(13-14)10(16)7-11(17)9-3-5-12-15(9)2/h3-6H,7H2,1-2H3. The third-order valence-corrected chi connectivity index (χ3v) is 2.43. The number of hydrogen-bond donors (Lipinski definition) is 0. The van der Waals surface area contributed by atoms with Crippen LogP contribution in [0.25, 0.3) is 0 Å². The van der Waals surface area contributed by atoms with Gasteiger partial charge in [-0.1, -0.05) is 0 Å². The highest BCUT2D eigenvalue weighted by molar-refractivity contribution is 6.12. The highest BCUT2D eigenvalue weighted by atomic mass is 16.1. The van der Waals surface area contributed by atoms with Gasteiger partial charge in [0.05, 0.1) is 6.42 Å². The molecule has 0 aliphatic carbocycles. The molecule has 88 valence electrons. The van der Waals surface area contributed by atoms with Crippen LogP contribution in [0.1, 0.15) is 27.4 Å². The fraction of sp³-hybridized carbons (Fsp3) is 0.273. The normalized spacial score (nSPS) is 10.5. The van der Waals surface area contributed by atoms with E-state index in [0.717, 1.165) is 0 Å². The summed E-state index contributed by atoms with van der Waals surface area (Å²) in [5, 5.41) is 7.85. The monoisotopic (exact) mass is 232 g/mol. The van der Waals surface area contributed by atoms with E-state index in [4.69, 9.17) is 0 Å². The molecular formula is C11H12N4O2. The van der Waals surface area contributed by atoms with E-state index in [1.807, 2.05) is 0 Å². The van der Waals surface area contributed by atoms with Crippen LogP contribution in [0.15, 0.2) is 24.5 Å². The molecule has 2 rings (SSSR count). The fourth-order valence-corrected chi connectivity index (χ4v) is 1.54. The maximum Gasteiger partial charge on any atom is 0.190 e. The van der Waals surface area contributed by atoms with E-state index in [-0.39, 0.29) is 18.0 Å². The summed E-state index contributed by atoms with van der Waals surface area (Å²) in [4.78, 5) is 23.5. The van der Waals surface area contributed by atoms with Gasteiger partial charge in [-0.3, -0.25) is 19.0 Å². The van der Waals surface area contributed by atoms with Crippen LogP contribution in [0.4, 0.5) is 0 Å². The lowest BCUT2D eigenvalue weighted by atomic mass is 10.1. The lowest BCUT2D eigenvalue weighted by Crippen LogP contribution is -2.13. The summed E-state index contributed by atoms with van der Waals surface area (Å²) in [7, 11) is 3.39. The number of rotatable bonds is 4. The lowest BCUT2D eigenvalue weighted by molar-refractivity contribution is 0.0886. The van der Waals surface area contributed by atoms with Crippen molar-refractivity contribution >= 4 is 11.6 Å². The van der Waals surface area contributed by atoms with Crippen LogP contribution in [-0.4, -0.2) is 31.1 Å². The molecule has 0 fully saturated rings. The fourth-order valence-electron chi connectivity index (χ4n) is 1.54. The number of Topliss-reactive ketones (excluding diaryl/α,β-unsaturated/α-hetero) is 2. The Balaban J connectivity index is 2.10. The van der Waals surface area contributed by atoms with Gasteiger partial charge in [0.25, 0.3) is 0 Å². The first-order chi connectivity index (χ1) is 8.08.